The van der Waals surface area contributed by atoms with Crippen molar-refractivity contribution >= 4 is 6.08 Å². The van der Waals surface area contributed by atoms with Crippen molar-refractivity contribution in [3.8, 4) is 11.1 Å². The minimum Gasteiger partial charge on any atom is -1.00 e. The maximum absolute atomic E-state index is 2.52. The molecule has 0 bridgehead atoms. The van der Waals surface area contributed by atoms with Crippen molar-refractivity contribution in [1.82, 2.24) is 0 Å². The molecule has 0 aromatic heterocycles. The topological polar surface area (TPSA) is 0 Å². The maximum atomic E-state index is 2.52. The quantitative estimate of drug-likeness (QED) is 0.600. The monoisotopic (exact) mass is 500 g/mol. The van der Waals surface area contributed by atoms with Crippen molar-refractivity contribution in [2.24, 2.45) is 0 Å². The largest absolute Gasteiger partial charge is 1.00 e. The minimum absolute atomic E-state index is 0. The first-order chi connectivity index (χ1) is 12.8. The van der Waals surface area contributed by atoms with Crippen LogP contribution in [0.2, 0.25) is 3.12 Å². The van der Waals surface area contributed by atoms with Crippen molar-refractivity contribution in [3.63, 3.8) is 0 Å². The second kappa shape index (κ2) is 9.09. The Bertz CT molecular complexity index is 988. The number of benzene rings is 2. The Morgan fingerprint density at radius 1 is 0.759 bits per heavy atom. The Balaban J connectivity index is 0.00000150. The van der Waals surface area contributed by atoms with Gasteiger partial charge in [0.05, 0.1) is 0 Å². The SMILES string of the molecule is CC1=Cc2c(-c3ccccc3)cccc2[CH]1[Zr+2][C]1(C)C(C)=C(C)C(C)=C1C.[Cl-].[Cl-]. The summed E-state index contributed by atoms with van der Waals surface area (Å²) in [5.74, 6) is 0. The van der Waals surface area contributed by atoms with Gasteiger partial charge in [0.15, 0.2) is 0 Å². The first-order valence-corrected chi connectivity index (χ1v) is 12.5. The van der Waals surface area contributed by atoms with E-state index in [4.69, 9.17) is 0 Å². The summed E-state index contributed by atoms with van der Waals surface area (Å²) in [6, 6.07) is 17.8. The fourth-order valence-corrected chi connectivity index (χ4v) is 9.88. The molecule has 2 aliphatic carbocycles. The van der Waals surface area contributed by atoms with E-state index < -0.39 is 23.2 Å². The average molecular weight is 503 g/mol. The molecule has 2 aromatic carbocycles. The Morgan fingerprint density at radius 2 is 1.34 bits per heavy atom. The molecule has 29 heavy (non-hydrogen) atoms. The van der Waals surface area contributed by atoms with Crippen LogP contribution >= 0.6 is 0 Å². The van der Waals surface area contributed by atoms with Gasteiger partial charge in [-0.1, -0.05) is 0 Å². The Hall–Kier alpha value is -0.877. The average Bonchev–Trinajstić information content (AvgIpc) is 3.07. The molecule has 0 heterocycles. The van der Waals surface area contributed by atoms with Crippen LogP contribution in [0.4, 0.5) is 0 Å². The van der Waals surface area contributed by atoms with Crippen molar-refractivity contribution in [3.05, 3.63) is 87.5 Å². The third-order valence-electron chi connectivity index (χ3n) is 6.98. The molecule has 1 atom stereocenters. The van der Waals surface area contributed by atoms with E-state index in [-0.39, 0.29) is 24.8 Å². The molecular weight excluding hydrogens is 474 g/mol. The van der Waals surface area contributed by atoms with Gasteiger partial charge < -0.3 is 24.8 Å². The molecule has 0 N–H and O–H groups in total. The van der Waals surface area contributed by atoms with E-state index >= 15 is 0 Å². The molecular formula is C26H28Cl2Zr. The van der Waals surface area contributed by atoms with Gasteiger partial charge in [-0.25, -0.2) is 0 Å². The van der Waals surface area contributed by atoms with Crippen molar-refractivity contribution < 1.29 is 48.0 Å². The summed E-state index contributed by atoms with van der Waals surface area (Å²) in [5.41, 5.74) is 13.7. The van der Waals surface area contributed by atoms with Crippen LogP contribution in [-0.4, -0.2) is 0 Å². The number of fused-ring (bicyclic) bond motifs is 1. The Kier molecular flexibility index (Phi) is 7.65. The van der Waals surface area contributed by atoms with Crippen LogP contribution < -0.4 is 24.8 Å². The van der Waals surface area contributed by atoms with Gasteiger partial charge in [0.25, 0.3) is 0 Å². The fourth-order valence-electron chi connectivity index (χ4n) is 4.71. The third-order valence-corrected chi connectivity index (χ3v) is 12.8. The van der Waals surface area contributed by atoms with Gasteiger partial charge in [-0.2, -0.15) is 0 Å². The first-order valence-electron chi connectivity index (χ1n) is 9.85. The molecule has 150 valence electrons. The number of halogens is 2. The number of allylic oxidation sites excluding steroid dienone is 5. The van der Waals surface area contributed by atoms with E-state index in [1.807, 2.05) is 0 Å². The summed E-state index contributed by atoms with van der Waals surface area (Å²) >= 11 is -0.782. The summed E-state index contributed by atoms with van der Waals surface area (Å²) in [5, 5.41) is 0. The Labute approximate surface area is 200 Å². The van der Waals surface area contributed by atoms with Gasteiger partial charge in [-0.3, -0.25) is 0 Å². The zero-order valence-electron chi connectivity index (χ0n) is 18.0. The summed E-state index contributed by atoms with van der Waals surface area (Å²) in [7, 11) is 0. The van der Waals surface area contributed by atoms with Crippen molar-refractivity contribution in [1.29, 1.82) is 0 Å². The normalized spacial score (nSPS) is 19.2. The van der Waals surface area contributed by atoms with E-state index in [1.54, 1.807) is 22.3 Å². The smallest absolute Gasteiger partial charge is 1.00 e. The molecule has 0 saturated heterocycles. The third kappa shape index (κ3) is 3.92. The molecule has 0 saturated carbocycles. The van der Waals surface area contributed by atoms with E-state index in [1.165, 1.54) is 27.8 Å². The summed E-state index contributed by atoms with van der Waals surface area (Å²) in [6.45, 7) is 14.3. The molecule has 0 nitrogen and oxygen atoms in total. The van der Waals surface area contributed by atoms with E-state index in [2.05, 4.69) is 96.1 Å². The standard InChI is InChI=1S/C16H13.C10H15.2ClH.Zr/c1-12-10-14-8-5-9-15(16(14)11-12)13-6-3-2-4-7-13;1-6-7(2)9(4)10(5)8(6)3;;;/h2-11H,1H3;1-5H3;2*1H;/q;;;;+2/p-2. The number of rotatable bonds is 3. The Morgan fingerprint density at radius 3 is 1.93 bits per heavy atom. The maximum Gasteiger partial charge on any atom is -1.00 e. The van der Waals surface area contributed by atoms with E-state index in [0.717, 1.165) is 0 Å². The first kappa shape index (κ1) is 24.4. The molecule has 0 spiro atoms. The van der Waals surface area contributed by atoms with Crippen LogP contribution in [0.1, 0.15) is 56.3 Å². The van der Waals surface area contributed by atoms with Crippen molar-refractivity contribution in [2.75, 3.05) is 0 Å². The second-order valence-corrected chi connectivity index (χ2v) is 12.9. The summed E-state index contributed by atoms with van der Waals surface area (Å²) in [6.07, 6.45) is 2.47. The molecule has 2 aromatic rings. The van der Waals surface area contributed by atoms with Crippen LogP contribution in [0.5, 0.6) is 0 Å². The van der Waals surface area contributed by atoms with Gasteiger partial charge in [0.2, 0.25) is 0 Å². The summed E-state index contributed by atoms with van der Waals surface area (Å²) < 4.78 is 1.00. The molecule has 0 amide bonds. The molecule has 0 radical (unpaired) electrons. The van der Waals surface area contributed by atoms with Gasteiger partial charge in [0, 0.05) is 0 Å². The fraction of sp³-hybridized carbons (Fsp3) is 0.308. The molecule has 3 heteroatoms. The molecule has 0 fully saturated rings. The zero-order chi connectivity index (χ0) is 19.3. The summed E-state index contributed by atoms with van der Waals surface area (Å²) in [4.78, 5) is 0. The van der Waals surface area contributed by atoms with E-state index in [0.29, 0.717) is 6.75 Å². The van der Waals surface area contributed by atoms with Gasteiger partial charge in [0.1, 0.15) is 0 Å². The zero-order valence-corrected chi connectivity index (χ0v) is 22.0. The van der Waals surface area contributed by atoms with Crippen LogP contribution in [0.3, 0.4) is 0 Å². The second-order valence-electron chi connectivity index (χ2n) is 8.27. The van der Waals surface area contributed by atoms with Gasteiger partial charge in [-0.15, -0.1) is 0 Å². The van der Waals surface area contributed by atoms with Crippen LogP contribution in [0, 0.1) is 0 Å². The number of hydrogen-bond donors (Lipinski definition) is 0. The molecule has 2 aliphatic rings. The van der Waals surface area contributed by atoms with Gasteiger partial charge >= 0.3 is 176 Å². The van der Waals surface area contributed by atoms with Crippen molar-refractivity contribution in [2.45, 2.75) is 48.3 Å². The minimum atomic E-state index is -0.782. The molecule has 1 unspecified atom stereocenters. The van der Waals surface area contributed by atoms with Crippen LogP contribution in [0.25, 0.3) is 17.2 Å². The van der Waals surface area contributed by atoms with Crippen LogP contribution in [0.15, 0.2) is 76.4 Å². The predicted octanol–water partition coefficient (Wildman–Crippen LogP) is 1.77. The van der Waals surface area contributed by atoms with Crippen LogP contribution in [-0.2, 0) is 23.2 Å². The predicted molar refractivity (Wildman–Crippen MR) is 113 cm³/mol. The molecule has 0 aliphatic heterocycles. The number of hydrogen-bond acceptors (Lipinski definition) is 0. The van der Waals surface area contributed by atoms with E-state index in [9.17, 15) is 0 Å². The molecule has 4 rings (SSSR count). The van der Waals surface area contributed by atoms with Gasteiger partial charge in [-0.05, 0) is 0 Å².